The van der Waals surface area contributed by atoms with E-state index in [-0.39, 0.29) is 10.7 Å². The molecule has 202 valence electrons. The van der Waals surface area contributed by atoms with Gasteiger partial charge in [0.15, 0.2) is 0 Å². The second-order valence-corrected chi connectivity index (χ2v) is 9.68. The van der Waals surface area contributed by atoms with Crippen LogP contribution in [0.15, 0.2) is 82.4 Å². The molecular formula is C31H28N4O5. The Balaban J connectivity index is 1.37. The molecule has 4 aromatic rings. The van der Waals surface area contributed by atoms with Gasteiger partial charge in [0.05, 0.1) is 23.4 Å². The van der Waals surface area contributed by atoms with Gasteiger partial charge in [-0.2, -0.15) is 0 Å². The highest BCUT2D eigenvalue weighted by atomic mass is 16.5. The van der Waals surface area contributed by atoms with E-state index in [9.17, 15) is 19.2 Å². The van der Waals surface area contributed by atoms with Crippen molar-refractivity contribution in [1.82, 2.24) is 14.9 Å². The van der Waals surface area contributed by atoms with Crippen LogP contribution in [0.1, 0.15) is 38.3 Å². The number of hydrogen-bond acceptors (Lipinski definition) is 6. The van der Waals surface area contributed by atoms with Gasteiger partial charge in [0, 0.05) is 6.54 Å². The Bertz CT molecular complexity index is 1790. The Labute approximate surface area is 229 Å². The molecule has 0 radical (unpaired) electrons. The van der Waals surface area contributed by atoms with E-state index in [1.54, 1.807) is 54.6 Å². The number of rotatable bonds is 8. The van der Waals surface area contributed by atoms with E-state index in [1.807, 2.05) is 38.4 Å². The highest BCUT2D eigenvalue weighted by Crippen LogP contribution is 2.28. The van der Waals surface area contributed by atoms with Crippen LogP contribution in [0.4, 0.5) is 5.69 Å². The monoisotopic (exact) mass is 536 g/mol. The maximum atomic E-state index is 12.8. The van der Waals surface area contributed by atoms with Crippen molar-refractivity contribution in [2.75, 3.05) is 32.1 Å². The number of benzene rings is 3. The summed E-state index contributed by atoms with van der Waals surface area (Å²) < 4.78 is 5.74. The normalized spacial score (nSPS) is 13.8. The Hall–Kier alpha value is -5.02. The lowest BCUT2D eigenvalue weighted by Gasteiger charge is -2.14. The molecule has 0 saturated carbocycles. The molecule has 0 saturated heterocycles. The summed E-state index contributed by atoms with van der Waals surface area (Å²) in [6.45, 7) is 1.54. The highest BCUT2D eigenvalue weighted by molar-refractivity contribution is 6.34. The summed E-state index contributed by atoms with van der Waals surface area (Å²) in [6, 6.07) is 20.5. The molecule has 5 rings (SSSR count). The fraction of sp³-hybridized carbons (Fsp3) is 0.161. The van der Waals surface area contributed by atoms with E-state index >= 15 is 0 Å². The first-order valence-corrected chi connectivity index (χ1v) is 12.8. The van der Waals surface area contributed by atoms with E-state index in [1.165, 1.54) is 6.08 Å². The van der Waals surface area contributed by atoms with Gasteiger partial charge in [-0.3, -0.25) is 19.2 Å². The molecule has 9 nitrogen and oxygen atoms in total. The van der Waals surface area contributed by atoms with Gasteiger partial charge in [-0.1, -0.05) is 36.4 Å². The average molecular weight is 537 g/mol. The molecule has 0 spiro atoms. The zero-order valence-electron chi connectivity index (χ0n) is 22.1. The lowest BCUT2D eigenvalue weighted by Crippen LogP contribution is -2.46. The van der Waals surface area contributed by atoms with Crippen molar-refractivity contribution >= 4 is 29.7 Å². The van der Waals surface area contributed by atoms with Crippen molar-refractivity contribution in [3.8, 4) is 5.75 Å². The fourth-order valence-electron chi connectivity index (χ4n) is 4.44. The number of hydrogen-bond donors (Lipinski definition) is 2. The van der Waals surface area contributed by atoms with Crippen LogP contribution in [0.5, 0.6) is 5.75 Å². The van der Waals surface area contributed by atoms with Crippen LogP contribution in [-0.2, 0) is 0 Å². The first-order valence-electron chi connectivity index (χ1n) is 12.8. The number of amides is 2. The SMILES string of the molecule is CN(C)CCCOc1ccc(/C=c2\[nH]c(=O)/c(=C/c3cccc(N4C(=O)c5ccccc5C4=O)c3)[nH]c2=O)cc1. The van der Waals surface area contributed by atoms with Crippen molar-refractivity contribution in [3.63, 3.8) is 0 Å². The van der Waals surface area contributed by atoms with Crippen LogP contribution in [-0.4, -0.2) is 53.9 Å². The average Bonchev–Trinajstić information content (AvgIpc) is 3.20. The summed E-state index contributed by atoms with van der Waals surface area (Å²) in [5.74, 6) is -0.0904. The molecule has 2 heterocycles. The minimum Gasteiger partial charge on any atom is -0.494 e. The molecular weight excluding hydrogens is 508 g/mol. The van der Waals surface area contributed by atoms with E-state index in [0.717, 1.165) is 29.2 Å². The number of fused-ring (bicyclic) bond motifs is 1. The molecule has 0 bridgehead atoms. The number of carbonyl (C=O) groups excluding carboxylic acids is 2. The molecule has 1 aliphatic rings. The van der Waals surface area contributed by atoms with E-state index in [2.05, 4.69) is 14.9 Å². The smallest absolute Gasteiger partial charge is 0.272 e. The molecule has 2 amide bonds. The zero-order valence-corrected chi connectivity index (χ0v) is 22.1. The van der Waals surface area contributed by atoms with Gasteiger partial charge in [0.1, 0.15) is 16.4 Å². The number of carbonyl (C=O) groups is 2. The number of ether oxygens (including phenoxy) is 1. The van der Waals surface area contributed by atoms with Gasteiger partial charge in [0.25, 0.3) is 22.9 Å². The van der Waals surface area contributed by atoms with Crippen LogP contribution in [0, 0.1) is 0 Å². The molecule has 3 aromatic carbocycles. The van der Waals surface area contributed by atoms with E-state index < -0.39 is 22.9 Å². The Kier molecular flexibility index (Phi) is 7.56. The van der Waals surface area contributed by atoms with Crippen LogP contribution in [0.25, 0.3) is 12.2 Å². The Morgan fingerprint density at radius 2 is 1.35 bits per heavy atom. The second-order valence-electron chi connectivity index (χ2n) is 9.68. The number of aromatic amines is 2. The molecule has 2 N–H and O–H groups in total. The number of aromatic nitrogens is 2. The molecule has 9 heteroatoms. The van der Waals surface area contributed by atoms with Crippen molar-refractivity contribution in [1.29, 1.82) is 0 Å². The number of nitrogens with zero attached hydrogens (tertiary/aromatic N) is 2. The molecule has 0 atom stereocenters. The molecule has 0 aliphatic carbocycles. The number of anilines is 1. The lowest BCUT2D eigenvalue weighted by atomic mass is 10.1. The minimum absolute atomic E-state index is 0.0446. The van der Waals surface area contributed by atoms with Crippen LogP contribution >= 0.6 is 0 Å². The van der Waals surface area contributed by atoms with E-state index in [0.29, 0.717) is 29.0 Å². The first-order chi connectivity index (χ1) is 19.3. The topological polar surface area (TPSA) is 116 Å². The van der Waals surface area contributed by atoms with Gasteiger partial charge in [0.2, 0.25) is 0 Å². The van der Waals surface area contributed by atoms with E-state index in [4.69, 9.17) is 4.74 Å². The Morgan fingerprint density at radius 1 is 0.750 bits per heavy atom. The fourth-order valence-corrected chi connectivity index (χ4v) is 4.44. The lowest BCUT2D eigenvalue weighted by molar-refractivity contribution is 0.0926. The van der Waals surface area contributed by atoms with Crippen molar-refractivity contribution in [2.45, 2.75) is 6.42 Å². The number of imide groups is 1. The van der Waals surface area contributed by atoms with Gasteiger partial charge >= 0.3 is 0 Å². The van der Waals surface area contributed by atoms with Gasteiger partial charge in [-0.25, -0.2) is 4.90 Å². The van der Waals surface area contributed by atoms with Crippen LogP contribution in [0.2, 0.25) is 0 Å². The molecule has 0 fully saturated rings. The summed E-state index contributed by atoms with van der Waals surface area (Å²) in [7, 11) is 4.03. The molecule has 1 aromatic heterocycles. The number of H-pyrrole nitrogens is 2. The third-order valence-corrected chi connectivity index (χ3v) is 6.43. The third kappa shape index (κ3) is 5.69. The number of nitrogens with one attached hydrogen (secondary N) is 2. The largest absolute Gasteiger partial charge is 0.494 e. The molecule has 1 aliphatic heterocycles. The third-order valence-electron chi connectivity index (χ3n) is 6.43. The Morgan fingerprint density at radius 3 is 1.95 bits per heavy atom. The van der Waals surface area contributed by atoms with Crippen LogP contribution < -0.4 is 31.5 Å². The van der Waals surface area contributed by atoms with Crippen molar-refractivity contribution in [2.24, 2.45) is 0 Å². The van der Waals surface area contributed by atoms with Crippen molar-refractivity contribution < 1.29 is 14.3 Å². The summed E-state index contributed by atoms with van der Waals surface area (Å²) in [4.78, 5) is 59.7. The second kappa shape index (κ2) is 11.4. The maximum Gasteiger partial charge on any atom is 0.272 e. The van der Waals surface area contributed by atoms with Gasteiger partial charge < -0.3 is 19.6 Å². The maximum absolute atomic E-state index is 12.8. The summed E-state index contributed by atoms with van der Waals surface area (Å²) >= 11 is 0. The standard InChI is InChI=1S/C31H28N4O5/c1-34(2)15-6-16-40-23-13-11-20(12-14-23)18-26-28(36)33-27(29(37)32-26)19-21-7-5-8-22(17-21)35-30(38)24-9-3-4-10-25(24)31(35)39/h3-5,7-14,17-19H,6,15-16H2,1-2H3,(H,32,37)(H,33,36)/b26-18-,27-19-. The predicted octanol–water partition coefficient (Wildman–Crippen LogP) is 1.85. The van der Waals surface area contributed by atoms with Crippen LogP contribution in [0.3, 0.4) is 0 Å². The minimum atomic E-state index is -0.488. The summed E-state index contributed by atoms with van der Waals surface area (Å²) in [5, 5.41) is 0.157. The van der Waals surface area contributed by atoms with Gasteiger partial charge in [-0.15, -0.1) is 0 Å². The summed E-state index contributed by atoms with van der Waals surface area (Å²) in [5.41, 5.74) is 1.37. The highest BCUT2D eigenvalue weighted by Gasteiger charge is 2.36. The predicted molar refractivity (Wildman–Crippen MR) is 153 cm³/mol. The zero-order chi connectivity index (χ0) is 28.2. The van der Waals surface area contributed by atoms with Gasteiger partial charge in [-0.05, 0) is 80.2 Å². The van der Waals surface area contributed by atoms with Crippen molar-refractivity contribution in [3.05, 3.63) is 126 Å². The first kappa shape index (κ1) is 26.6. The summed E-state index contributed by atoms with van der Waals surface area (Å²) in [6.07, 6.45) is 3.99. The quantitative estimate of drug-likeness (QED) is 0.262. The molecule has 40 heavy (non-hydrogen) atoms. The molecule has 0 unspecified atom stereocenters.